The molecular formula is C36H62N2O. The highest BCUT2D eigenvalue weighted by molar-refractivity contribution is 5.83. The van der Waals surface area contributed by atoms with Crippen LogP contribution in [0.15, 0.2) is 11.8 Å². The predicted octanol–water partition coefficient (Wildman–Crippen LogP) is 9.13. The summed E-state index contributed by atoms with van der Waals surface area (Å²) in [6, 6.07) is 0. The number of carbonyl (C=O) groups excluding carboxylic acids is 1. The first-order valence-corrected chi connectivity index (χ1v) is 17.7. The molecule has 8 atom stereocenters. The third kappa shape index (κ3) is 5.60. The van der Waals surface area contributed by atoms with Gasteiger partial charge in [0.1, 0.15) is 0 Å². The first kappa shape index (κ1) is 29.5. The zero-order valence-corrected chi connectivity index (χ0v) is 26.2. The molecule has 3 nitrogen and oxygen atoms in total. The smallest absolute Gasteiger partial charge is 0.226 e. The lowest BCUT2D eigenvalue weighted by Crippen LogP contribution is -2.60. The molecule has 1 amide bonds. The third-order valence-corrected chi connectivity index (χ3v) is 13.1. The zero-order chi connectivity index (χ0) is 27.5. The fraction of sp³-hybridized carbons (Fsp3) is 0.917. The van der Waals surface area contributed by atoms with Crippen LogP contribution in [0.1, 0.15) is 143 Å². The molecule has 5 fully saturated rings. The Bertz CT molecular complexity index is 851. The largest absolute Gasteiger partial charge is 0.373 e. The average Bonchev–Trinajstić information content (AvgIpc) is 3.54. The second-order valence-electron chi connectivity index (χ2n) is 15.0. The summed E-state index contributed by atoms with van der Waals surface area (Å²) in [4.78, 5) is 17.0. The van der Waals surface area contributed by atoms with Gasteiger partial charge in [-0.3, -0.25) is 4.79 Å². The summed E-state index contributed by atoms with van der Waals surface area (Å²) in [5.41, 5.74) is 2.00. The van der Waals surface area contributed by atoms with Crippen molar-refractivity contribution in [2.75, 3.05) is 19.6 Å². The number of allylic oxidation sites excluding steroid dienone is 2. The third-order valence-electron chi connectivity index (χ3n) is 13.1. The van der Waals surface area contributed by atoms with E-state index in [0.717, 1.165) is 43.2 Å². The summed E-state index contributed by atoms with van der Waals surface area (Å²) in [6.07, 6.45) is 26.2. The minimum absolute atomic E-state index is 0.0700. The first-order chi connectivity index (χ1) is 19.0. The first-order valence-electron chi connectivity index (χ1n) is 17.7. The van der Waals surface area contributed by atoms with Crippen LogP contribution in [0.2, 0.25) is 0 Å². The Morgan fingerprint density at radius 1 is 1.00 bits per heavy atom. The van der Waals surface area contributed by atoms with Gasteiger partial charge >= 0.3 is 0 Å². The number of carbonyl (C=O) groups is 1. The SMILES string of the molecule is CCCCCC=C1CCCN1CCNC(=O)[C@]12CCCCC1CC[C@H]1[C@@H]3CC[C@H]([C@H](C)CCC)[C@@]3(C)CC[C@@H]12. The topological polar surface area (TPSA) is 32.3 Å². The Kier molecular flexibility index (Phi) is 9.75. The Labute approximate surface area is 241 Å². The molecule has 222 valence electrons. The van der Waals surface area contributed by atoms with Gasteiger partial charge in [-0.25, -0.2) is 0 Å². The Balaban J connectivity index is 1.26. The molecule has 39 heavy (non-hydrogen) atoms. The lowest BCUT2D eigenvalue weighted by molar-refractivity contribution is -0.162. The molecular weight excluding hydrogens is 476 g/mol. The zero-order valence-electron chi connectivity index (χ0n) is 26.2. The van der Waals surface area contributed by atoms with Crippen LogP contribution < -0.4 is 5.32 Å². The van der Waals surface area contributed by atoms with Crippen LogP contribution in [-0.4, -0.2) is 30.4 Å². The number of unbranched alkanes of at least 4 members (excludes halogenated alkanes) is 3. The van der Waals surface area contributed by atoms with E-state index in [1.807, 2.05) is 0 Å². The normalized spacial score (nSPS) is 39.7. The summed E-state index contributed by atoms with van der Waals surface area (Å²) in [5, 5.41) is 3.60. The minimum atomic E-state index is -0.0700. The van der Waals surface area contributed by atoms with E-state index in [0.29, 0.717) is 23.2 Å². The Morgan fingerprint density at radius 2 is 1.87 bits per heavy atom. The van der Waals surface area contributed by atoms with Crippen LogP contribution in [0.25, 0.3) is 0 Å². The van der Waals surface area contributed by atoms with E-state index < -0.39 is 0 Å². The minimum Gasteiger partial charge on any atom is -0.373 e. The second-order valence-corrected chi connectivity index (χ2v) is 15.0. The molecule has 1 unspecified atom stereocenters. The van der Waals surface area contributed by atoms with Gasteiger partial charge in [-0.2, -0.15) is 0 Å². The van der Waals surface area contributed by atoms with Crippen molar-refractivity contribution in [2.24, 2.45) is 46.3 Å². The van der Waals surface area contributed by atoms with Crippen LogP contribution >= 0.6 is 0 Å². The number of nitrogens with zero attached hydrogens (tertiary/aromatic N) is 1. The molecule has 4 saturated carbocycles. The van der Waals surface area contributed by atoms with Gasteiger partial charge in [0.15, 0.2) is 0 Å². The van der Waals surface area contributed by atoms with E-state index in [2.05, 4.69) is 44.0 Å². The van der Waals surface area contributed by atoms with E-state index in [4.69, 9.17) is 0 Å². The fourth-order valence-electron chi connectivity index (χ4n) is 11.4. The highest BCUT2D eigenvalue weighted by Gasteiger charge is 2.63. The predicted molar refractivity (Wildman–Crippen MR) is 164 cm³/mol. The Hall–Kier alpha value is -0.990. The lowest BCUT2D eigenvalue weighted by Gasteiger charge is -2.60. The number of amides is 1. The molecule has 5 aliphatic rings. The van der Waals surface area contributed by atoms with Gasteiger partial charge in [-0.15, -0.1) is 0 Å². The van der Waals surface area contributed by atoms with Crippen molar-refractivity contribution in [3.05, 3.63) is 11.8 Å². The molecule has 0 spiro atoms. The molecule has 1 saturated heterocycles. The van der Waals surface area contributed by atoms with E-state index in [1.54, 1.807) is 5.70 Å². The summed E-state index contributed by atoms with van der Waals surface area (Å²) in [7, 11) is 0. The van der Waals surface area contributed by atoms with Crippen LogP contribution in [0.4, 0.5) is 0 Å². The fourth-order valence-corrected chi connectivity index (χ4v) is 11.4. The molecule has 3 heteroatoms. The van der Waals surface area contributed by atoms with Crippen LogP contribution in [0.5, 0.6) is 0 Å². The molecule has 5 rings (SSSR count). The van der Waals surface area contributed by atoms with Gasteiger partial charge in [0.2, 0.25) is 5.91 Å². The molecule has 4 aliphatic carbocycles. The van der Waals surface area contributed by atoms with Gasteiger partial charge in [0, 0.05) is 25.3 Å². The summed E-state index contributed by atoms with van der Waals surface area (Å²) >= 11 is 0. The summed E-state index contributed by atoms with van der Waals surface area (Å²) in [5.74, 6) is 5.15. The van der Waals surface area contributed by atoms with E-state index >= 15 is 0 Å². The van der Waals surface area contributed by atoms with Crippen LogP contribution in [-0.2, 0) is 4.79 Å². The molecule has 0 bridgehead atoms. The van der Waals surface area contributed by atoms with Gasteiger partial charge in [-0.1, -0.05) is 72.3 Å². The molecule has 0 aromatic rings. The lowest BCUT2D eigenvalue weighted by atomic mass is 9.43. The number of hydrogen-bond donors (Lipinski definition) is 1. The van der Waals surface area contributed by atoms with Crippen molar-refractivity contribution in [1.82, 2.24) is 10.2 Å². The number of hydrogen-bond acceptors (Lipinski definition) is 2. The van der Waals surface area contributed by atoms with Crippen molar-refractivity contribution in [3.8, 4) is 0 Å². The maximum Gasteiger partial charge on any atom is 0.226 e. The number of rotatable bonds is 11. The van der Waals surface area contributed by atoms with Gasteiger partial charge < -0.3 is 10.2 Å². The number of fused-ring (bicyclic) bond motifs is 5. The van der Waals surface area contributed by atoms with E-state index in [1.165, 1.54) is 116 Å². The van der Waals surface area contributed by atoms with E-state index in [-0.39, 0.29) is 5.41 Å². The van der Waals surface area contributed by atoms with Gasteiger partial charge in [0.05, 0.1) is 5.41 Å². The van der Waals surface area contributed by atoms with Crippen molar-refractivity contribution < 1.29 is 4.79 Å². The monoisotopic (exact) mass is 538 g/mol. The maximum atomic E-state index is 14.4. The highest BCUT2D eigenvalue weighted by atomic mass is 16.2. The summed E-state index contributed by atoms with van der Waals surface area (Å²) in [6.45, 7) is 12.9. The van der Waals surface area contributed by atoms with E-state index in [9.17, 15) is 4.79 Å². The molecule has 0 aromatic carbocycles. The van der Waals surface area contributed by atoms with Gasteiger partial charge in [-0.05, 0) is 118 Å². The van der Waals surface area contributed by atoms with Crippen molar-refractivity contribution >= 4 is 5.91 Å². The number of nitrogens with one attached hydrogen (secondary N) is 1. The number of likely N-dealkylation sites (tertiary alicyclic amines) is 1. The molecule has 1 N–H and O–H groups in total. The summed E-state index contributed by atoms with van der Waals surface area (Å²) < 4.78 is 0. The van der Waals surface area contributed by atoms with Crippen LogP contribution in [0, 0.1) is 46.3 Å². The van der Waals surface area contributed by atoms with Gasteiger partial charge in [0.25, 0.3) is 0 Å². The van der Waals surface area contributed by atoms with Crippen molar-refractivity contribution in [2.45, 2.75) is 143 Å². The highest BCUT2D eigenvalue weighted by Crippen LogP contribution is 2.68. The molecule has 0 aromatic heterocycles. The van der Waals surface area contributed by atoms with Crippen molar-refractivity contribution in [3.63, 3.8) is 0 Å². The molecule has 1 heterocycles. The molecule has 1 aliphatic heterocycles. The Morgan fingerprint density at radius 3 is 2.69 bits per heavy atom. The van der Waals surface area contributed by atoms with Crippen LogP contribution in [0.3, 0.4) is 0 Å². The maximum absolute atomic E-state index is 14.4. The molecule has 0 radical (unpaired) electrons. The second kappa shape index (κ2) is 12.9. The quantitative estimate of drug-likeness (QED) is 0.266. The average molecular weight is 539 g/mol. The van der Waals surface area contributed by atoms with Crippen molar-refractivity contribution in [1.29, 1.82) is 0 Å². The standard InChI is InChI=1S/C36H62N2O/c1-5-7-8-9-15-29-16-12-25-38(29)26-24-37-34(39)36-22-11-10-14-28(36)17-18-30-32-20-19-31(27(3)13-6-2)35(32,4)23-21-33(30)36/h15,27-28,30-33H,5-14,16-26H2,1-4H3,(H,37,39)/t27-,28?,30+,31-,32+,33+,35-,36-/m1/s1.